The maximum Gasteiger partial charge on any atom is 0.223 e. The van der Waals surface area contributed by atoms with Gasteiger partial charge in [-0.25, -0.2) is 14.4 Å². The molecule has 0 aliphatic heterocycles. The fourth-order valence-electron chi connectivity index (χ4n) is 4.28. The van der Waals surface area contributed by atoms with Gasteiger partial charge in [0.1, 0.15) is 17.1 Å². The molecule has 0 saturated heterocycles. The van der Waals surface area contributed by atoms with Gasteiger partial charge in [-0.2, -0.15) is 4.52 Å². The molecule has 1 aliphatic rings. The van der Waals surface area contributed by atoms with Crippen LogP contribution in [0.4, 0.5) is 10.3 Å². The molecule has 0 atom stereocenters. The van der Waals surface area contributed by atoms with Gasteiger partial charge in [-0.1, -0.05) is 24.3 Å². The van der Waals surface area contributed by atoms with E-state index in [-0.39, 0.29) is 11.9 Å². The first kappa shape index (κ1) is 19.7. The van der Waals surface area contributed by atoms with Gasteiger partial charge < -0.3 is 15.6 Å². The van der Waals surface area contributed by atoms with E-state index in [1.54, 1.807) is 13.8 Å². The minimum absolute atomic E-state index is 0.184. The zero-order chi connectivity index (χ0) is 21.9. The molecule has 3 N–H and O–H groups in total. The van der Waals surface area contributed by atoms with E-state index in [0.717, 1.165) is 18.4 Å². The smallest absolute Gasteiger partial charge is 0.223 e. The summed E-state index contributed by atoms with van der Waals surface area (Å²) in [6.07, 6.45) is 1.84. The molecule has 2 aromatic carbocycles. The van der Waals surface area contributed by atoms with Crippen molar-refractivity contribution in [3.8, 4) is 5.75 Å². The highest BCUT2D eigenvalue weighted by Gasteiger charge is 2.35. The summed E-state index contributed by atoms with van der Waals surface area (Å²) in [4.78, 5) is 9.04. The van der Waals surface area contributed by atoms with E-state index in [4.69, 9.17) is 15.5 Å². The van der Waals surface area contributed by atoms with Crippen LogP contribution in [0.5, 0.6) is 5.75 Å². The van der Waals surface area contributed by atoms with Crippen molar-refractivity contribution in [2.24, 2.45) is 0 Å². The van der Waals surface area contributed by atoms with E-state index in [1.165, 1.54) is 29.3 Å². The summed E-state index contributed by atoms with van der Waals surface area (Å²) >= 11 is 0. The van der Waals surface area contributed by atoms with Gasteiger partial charge in [0, 0.05) is 12.0 Å². The van der Waals surface area contributed by atoms with E-state index in [2.05, 4.69) is 22.2 Å². The Kier molecular flexibility index (Phi) is 4.37. The van der Waals surface area contributed by atoms with Gasteiger partial charge in [-0.15, -0.1) is 5.10 Å². The van der Waals surface area contributed by atoms with Crippen LogP contribution in [0.15, 0.2) is 36.4 Å². The van der Waals surface area contributed by atoms with Crippen molar-refractivity contribution in [3.63, 3.8) is 0 Å². The van der Waals surface area contributed by atoms with Gasteiger partial charge in [-0.3, -0.25) is 0 Å². The highest BCUT2D eigenvalue weighted by molar-refractivity contribution is 5.95. The molecule has 1 fully saturated rings. The van der Waals surface area contributed by atoms with Crippen molar-refractivity contribution in [2.75, 3.05) is 12.8 Å². The molecular weight excluding hydrogens is 397 g/mol. The maximum atomic E-state index is 14.1. The Morgan fingerprint density at radius 1 is 1.13 bits per heavy atom. The van der Waals surface area contributed by atoms with Crippen molar-refractivity contribution in [1.29, 1.82) is 0 Å². The van der Waals surface area contributed by atoms with Crippen LogP contribution < -0.4 is 10.5 Å². The minimum Gasteiger partial charge on any atom is -0.494 e. The van der Waals surface area contributed by atoms with Gasteiger partial charge in [0.15, 0.2) is 11.5 Å². The van der Waals surface area contributed by atoms with Gasteiger partial charge in [-0.05, 0) is 49.8 Å². The van der Waals surface area contributed by atoms with Crippen molar-refractivity contribution in [2.45, 2.75) is 44.1 Å². The van der Waals surface area contributed by atoms with Crippen molar-refractivity contribution in [1.82, 2.24) is 19.6 Å². The molecule has 5 rings (SSSR count). The Morgan fingerprint density at radius 2 is 1.84 bits per heavy atom. The van der Waals surface area contributed by atoms with Crippen LogP contribution in [0.1, 0.15) is 55.5 Å². The summed E-state index contributed by atoms with van der Waals surface area (Å²) in [5, 5.41) is 15.2. The van der Waals surface area contributed by atoms with E-state index in [0.29, 0.717) is 34.0 Å². The predicted molar refractivity (Wildman–Crippen MR) is 116 cm³/mol. The highest BCUT2D eigenvalue weighted by atomic mass is 19.1. The third-order valence-electron chi connectivity index (χ3n) is 6.16. The quantitative estimate of drug-likeness (QED) is 0.519. The normalized spacial score (nSPS) is 19.0. The van der Waals surface area contributed by atoms with E-state index in [9.17, 15) is 9.50 Å². The number of nitrogens with zero attached hydrogens (tertiary/aromatic N) is 4. The molecule has 0 spiro atoms. The molecule has 0 radical (unpaired) electrons. The monoisotopic (exact) mass is 421 g/mol. The number of anilines is 1. The fourth-order valence-corrected chi connectivity index (χ4v) is 4.28. The first-order valence-corrected chi connectivity index (χ1v) is 10.3. The summed E-state index contributed by atoms with van der Waals surface area (Å²) in [7, 11) is 1.47. The number of nitrogen functional groups attached to an aromatic ring is 1. The molecule has 1 saturated carbocycles. The predicted octanol–water partition coefficient (Wildman–Crippen LogP) is 3.90. The second-order valence-electron chi connectivity index (χ2n) is 8.73. The number of hydrogen-bond acceptors (Lipinski definition) is 6. The van der Waals surface area contributed by atoms with Crippen LogP contribution in [0.3, 0.4) is 0 Å². The standard InChI is InChI=1S/C23H24FN5O2/c1-23(2,30)15-6-4-12(5-7-15)13-8-14(9-13)20-27-21-17-10-16(24)11-18(31-3)19(17)26-22(25)29(21)28-20/h4-7,10-11,13-14,30H,8-9H2,1-3H3,(H2,25,26)/t13-,14+. The lowest BCUT2D eigenvalue weighted by atomic mass is 9.71. The number of rotatable bonds is 4. The first-order valence-electron chi connectivity index (χ1n) is 10.3. The Bertz CT molecular complexity index is 1290. The number of methoxy groups -OCH3 is 1. The molecule has 4 aromatic rings. The average Bonchev–Trinajstić information content (AvgIpc) is 3.12. The van der Waals surface area contributed by atoms with Crippen LogP contribution >= 0.6 is 0 Å². The summed E-state index contributed by atoms with van der Waals surface area (Å²) in [5.41, 5.74) is 8.34. The SMILES string of the molecule is COc1cc(F)cc2c1nc(N)n1nc([C@H]3C[C@@H](c4ccc(C(C)(C)O)cc4)C3)nc21. The van der Waals surface area contributed by atoms with Crippen LogP contribution in [0.2, 0.25) is 0 Å². The number of fused-ring (bicyclic) bond motifs is 3. The summed E-state index contributed by atoms with van der Waals surface area (Å²) < 4.78 is 20.8. The Balaban J connectivity index is 1.44. The lowest BCUT2D eigenvalue weighted by Crippen LogP contribution is -2.22. The van der Waals surface area contributed by atoms with Gasteiger partial charge in [0.25, 0.3) is 0 Å². The zero-order valence-electron chi connectivity index (χ0n) is 17.6. The number of nitrogens with two attached hydrogens (primary N) is 1. The molecule has 2 aromatic heterocycles. The van der Waals surface area contributed by atoms with E-state index >= 15 is 0 Å². The van der Waals surface area contributed by atoms with E-state index < -0.39 is 11.4 Å². The fraction of sp³-hybridized carbons (Fsp3) is 0.348. The minimum atomic E-state index is -0.847. The molecule has 0 bridgehead atoms. The van der Waals surface area contributed by atoms with Crippen molar-refractivity contribution in [3.05, 3.63) is 59.2 Å². The topological polar surface area (TPSA) is 98.6 Å². The third kappa shape index (κ3) is 3.27. The number of ether oxygens (including phenoxy) is 1. The van der Waals surface area contributed by atoms with Crippen LogP contribution in [-0.4, -0.2) is 31.8 Å². The number of benzene rings is 2. The molecule has 160 valence electrons. The molecule has 31 heavy (non-hydrogen) atoms. The van der Waals surface area contributed by atoms with Gasteiger partial charge in [0.2, 0.25) is 5.95 Å². The average molecular weight is 421 g/mol. The lowest BCUT2D eigenvalue weighted by molar-refractivity contribution is 0.0785. The van der Waals surface area contributed by atoms with Crippen LogP contribution in [0, 0.1) is 5.82 Å². The first-order chi connectivity index (χ1) is 14.7. The summed E-state index contributed by atoms with van der Waals surface area (Å²) in [6, 6.07) is 10.8. The summed E-state index contributed by atoms with van der Waals surface area (Å²) in [6.45, 7) is 3.56. The molecule has 8 heteroatoms. The zero-order valence-corrected chi connectivity index (χ0v) is 17.6. The maximum absolute atomic E-state index is 14.1. The molecular formula is C23H24FN5O2. The Morgan fingerprint density at radius 3 is 2.48 bits per heavy atom. The molecule has 0 amide bonds. The van der Waals surface area contributed by atoms with Gasteiger partial charge >= 0.3 is 0 Å². The number of hydrogen-bond donors (Lipinski definition) is 2. The van der Waals surface area contributed by atoms with E-state index in [1.807, 2.05) is 12.1 Å². The number of aliphatic hydroxyl groups is 1. The van der Waals surface area contributed by atoms with Crippen LogP contribution in [-0.2, 0) is 5.60 Å². The molecule has 7 nitrogen and oxygen atoms in total. The lowest BCUT2D eigenvalue weighted by Gasteiger charge is -2.34. The van der Waals surface area contributed by atoms with Crippen molar-refractivity contribution >= 4 is 22.5 Å². The molecule has 0 unspecified atom stereocenters. The summed E-state index contributed by atoms with van der Waals surface area (Å²) in [5.74, 6) is 1.37. The number of aromatic nitrogens is 4. The largest absolute Gasteiger partial charge is 0.494 e. The van der Waals surface area contributed by atoms with Crippen molar-refractivity contribution < 1.29 is 14.2 Å². The second kappa shape index (κ2) is 6.88. The second-order valence-corrected chi connectivity index (χ2v) is 8.73. The molecule has 1 aliphatic carbocycles. The third-order valence-corrected chi connectivity index (χ3v) is 6.16. The highest BCUT2D eigenvalue weighted by Crippen LogP contribution is 2.47. The molecule has 2 heterocycles. The Labute approximate surface area is 178 Å². The Hall–Kier alpha value is -3.26. The van der Waals surface area contributed by atoms with Crippen LogP contribution in [0.25, 0.3) is 16.6 Å². The van der Waals surface area contributed by atoms with Gasteiger partial charge in [0.05, 0.1) is 18.1 Å². The number of halogens is 1.